The van der Waals surface area contributed by atoms with Gasteiger partial charge in [0, 0.05) is 34.4 Å². The molecule has 2 aliphatic rings. The van der Waals surface area contributed by atoms with Gasteiger partial charge in [-0.05, 0) is 75.2 Å². The van der Waals surface area contributed by atoms with Crippen molar-refractivity contribution in [1.82, 2.24) is 9.97 Å². The van der Waals surface area contributed by atoms with Crippen LogP contribution in [0.1, 0.15) is 22.3 Å². The number of benzene rings is 6. The van der Waals surface area contributed by atoms with E-state index >= 15 is 0 Å². The maximum absolute atomic E-state index is 5.02. The first-order valence-corrected chi connectivity index (χ1v) is 15.7. The van der Waals surface area contributed by atoms with Crippen molar-refractivity contribution in [2.75, 3.05) is 4.90 Å². The first-order valence-electron chi connectivity index (χ1n) is 15.7. The summed E-state index contributed by atoms with van der Waals surface area (Å²) < 4.78 is 0. The fourth-order valence-electron chi connectivity index (χ4n) is 8.05. The van der Waals surface area contributed by atoms with E-state index < -0.39 is 5.41 Å². The Morgan fingerprint density at radius 2 is 1.15 bits per heavy atom. The molecule has 6 aromatic carbocycles. The molecule has 8 aromatic rings. The lowest BCUT2D eigenvalue weighted by Crippen LogP contribution is -2.36. The van der Waals surface area contributed by atoms with E-state index in [9.17, 15) is 0 Å². The van der Waals surface area contributed by atoms with Crippen molar-refractivity contribution in [3.8, 4) is 22.4 Å². The lowest BCUT2D eigenvalue weighted by atomic mass is 9.64. The van der Waals surface area contributed by atoms with Gasteiger partial charge in [-0.3, -0.25) is 9.97 Å². The molecule has 0 saturated heterocycles. The molecule has 0 unspecified atom stereocenters. The molecule has 0 amide bonds. The summed E-state index contributed by atoms with van der Waals surface area (Å²) in [6.45, 7) is 0. The lowest BCUT2D eigenvalue weighted by Gasteiger charge is -2.45. The zero-order valence-corrected chi connectivity index (χ0v) is 24.9. The number of anilines is 3. The number of hydrogen-bond acceptors (Lipinski definition) is 3. The Hall–Kier alpha value is -6.06. The van der Waals surface area contributed by atoms with Crippen LogP contribution in [0.25, 0.3) is 44.1 Å². The van der Waals surface area contributed by atoms with Crippen molar-refractivity contribution in [1.29, 1.82) is 0 Å². The van der Waals surface area contributed by atoms with Gasteiger partial charge >= 0.3 is 0 Å². The summed E-state index contributed by atoms with van der Waals surface area (Å²) in [5.74, 6) is 0. The molecule has 1 aliphatic heterocycles. The SMILES string of the molecule is c1ccc(N2c3ccccc3C3(c4ccccc4-c4ccccc43)c3ccc(-c4cc5ccc6cccnc6c5cn4)cc32)cc1. The van der Waals surface area contributed by atoms with Crippen LogP contribution in [0.2, 0.25) is 0 Å². The average Bonchev–Trinajstić information content (AvgIpc) is 3.42. The maximum Gasteiger partial charge on any atom is 0.0795 e. The summed E-state index contributed by atoms with van der Waals surface area (Å²) in [7, 11) is 0. The fraction of sp³-hybridized carbons (Fsp3) is 0.0233. The number of pyridine rings is 2. The molecule has 0 atom stereocenters. The molecule has 46 heavy (non-hydrogen) atoms. The predicted octanol–water partition coefficient (Wildman–Crippen LogP) is 10.6. The highest BCUT2D eigenvalue weighted by molar-refractivity contribution is 6.05. The van der Waals surface area contributed by atoms with Crippen molar-refractivity contribution in [2.45, 2.75) is 5.41 Å². The third-order valence-electron chi connectivity index (χ3n) is 9.93. The molecule has 0 fully saturated rings. The molecule has 1 aliphatic carbocycles. The Balaban J connectivity index is 1.28. The molecule has 214 valence electrons. The Morgan fingerprint density at radius 3 is 1.96 bits per heavy atom. The number of fused-ring (bicyclic) bond motifs is 12. The van der Waals surface area contributed by atoms with Gasteiger partial charge in [0.05, 0.1) is 28.0 Å². The van der Waals surface area contributed by atoms with Gasteiger partial charge in [0.15, 0.2) is 0 Å². The molecular weight excluding hydrogens is 558 g/mol. The van der Waals surface area contributed by atoms with Gasteiger partial charge in [-0.15, -0.1) is 0 Å². The molecule has 2 aromatic heterocycles. The van der Waals surface area contributed by atoms with Crippen LogP contribution in [0.3, 0.4) is 0 Å². The number of para-hydroxylation sites is 2. The summed E-state index contributed by atoms with van der Waals surface area (Å²) >= 11 is 0. The highest BCUT2D eigenvalue weighted by atomic mass is 15.2. The van der Waals surface area contributed by atoms with E-state index in [1.54, 1.807) is 0 Å². The van der Waals surface area contributed by atoms with E-state index in [2.05, 4.69) is 155 Å². The Kier molecular flexibility index (Phi) is 5.20. The smallest absolute Gasteiger partial charge is 0.0795 e. The van der Waals surface area contributed by atoms with Crippen LogP contribution < -0.4 is 4.90 Å². The maximum atomic E-state index is 5.02. The van der Waals surface area contributed by atoms with Crippen LogP contribution in [-0.4, -0.2) is 9.97 Å². The molecular formula is C43H27N3. The topological polar surface area (TPSA) is 29.0 Å². The largest absolute Gasteiger partial charge is 0.310 e. The quantitative estimate of drug-likeness (QED) is 0.189. The second-order valence-electron chi connectivity index (χ2n) is 12.2. The highest BCUT2D eigenvalue weighted by Gasteiger charge is 2.51. The molecule has 0 saturated carbocycles. The summed E-state index contributed by atoms with van der Waals surface area (Å²) in [6, 6.07) is 55.1. The van der Waals surface area contributed by atoms with Crippen LogP contribution in [0.15, 0.2) is 164 Å². The lowest BCUT2D eigenvalue weighted by molar-refractivity contribution is 0.753. The number of hydrogen-bond donors (Lipinski definition) is 0. The van der Waals surface area contributed by atoms with Crippen molar-refractivity contribution < 1.29 is 0 Å². The number of aromatic nitrogens is 2. The van der Waals surface area contributed by atoms with Gasteiger partial charge < -0.3 is 4.90 Å². The van der Waals surface area contributed by atoms with Gasteiger partial charge in [0.25, 0.3) is 0 Å². The number of nitrogens with zero attached hydrogens (tertiary/aromatic N) is 3. The van der Waals surface area contributed by atoms with Crippen molar-refractivity contribution in [3.63, 3.8) is 0 Å². The van der Waals surface area contributed by atoms with E-state index in [1.165, 1.54) is 39.1 Å². The third-order valence-corrected chi connectivity index (χ3v) is 9.93. The second-order valence-corrected chi connectivity index (χ2v) is 12.2. The van der Waals surface area contributed by atoms with E-state index in [1.807, 2.05) is 18.5 Å². The minimum atomic E-state index is -0.454. The molecule has 1 spiro atoms. The fourth-order valence-corrected chi connectivity index (χ4v) is 8.05. The summed E-state index contributed by atoms with van der Waals surface area (Å²) in [5.41, 5.74) is 13.9. The van der Waals surface area contributed by atoms with E-state index in [0.717, 1.165) is 44.3 Å². The van der Waals surface area contributed by atoms with Gasteiger partial charge in [0.1, 0.15) is 0 Å². The van der Waals surface area contributed by atoms with E-state index in [-0.39, 0.29) is 0 Å². The molecule has 10 rings (SSSR count). The van der Waals surface area contributed by atoms with E-state index in [0.29, 0.717) is 0 Å². The summed E-state index contributed by atoms with van der Waals surface area (Å²) in [6.07, 6.45) is 3.83. The molecule has 0 N–H and O–H groups in total. The number of rotatable bonds is 2. The van der Waals surface area contributed by atoms with Crippen LogP contribution in [0, 0.1) is 0 Å². The van der Waals surface area contributed by atoms with Gasteiger partial charge in [0.2, 0.25) is 0 Å². The van der Waals surface area contributed by atoms with Gasteiger partial charge in [-0.1, -0.05) is 115 Å². The van der Waals surface area contributed by atoms with Crippen LogP contribution in [0.4, 0.5) is 17.1 Å². The zero-order chi connectivity index (χ0) is 30.2. The van der Waals surface area contributed by atoms with Crippen LogP contribution >= 0.6 is 0 Å². The Labute approximate surface area is 267 Å². The Bertz CT molecular complexity index is 2450. The van der Waals surface area contributed by atoms with E-state index in [4.69, 9.17) is 4.98 Å². The van der Waals surface area contributed by atoms with Crippen LogP contribution in [0.5, 0.6) is 0 Å². The average molecular weight is 586 g/mol. The minimum absolute atomic E-state index is 0.454. The molecule has 0 bridgehead atoms. The standard InChI is InChI=1S/C43H27N3/c1-2-12-31(13-3-1)46-40-19-9-8-18-37(40)43(35-16-6-4-14-32(35)33-15-5-7-17-36(33)43)38-23-22-30(26-41(38)46)39-25-29-21-20-28-11-10-24-44-42(28)34(29)27-45-39/h1-27H. The predicted molar refractivity (Wildman–Crippen MR) is 188 cm³/mol. The minimum Gasteiger partial charge on any atom is -0.310 e. The normalized spacial score (nSPS) is 13.8. The zero-order valence-electron chi connectivity index (χ0n) is 24.9. The van der Waals surface area contributed by atoms with Crippen molar-refractivity contribution in [2.24, 2.45) is 0 Å². The highest BCUT2D eigenvalue weighted by Crippen LogP contribution is 2.63. The monoisotopic (exact) mass is 585 g/mol. The van der Waals surface area contributed by atoms with Gasteiger partial charge in [-0.25, -0.2) is 0 Å². The molecule has 3 nitrogen and oxygen atoms in total. The first-order chi connectivity index (χ1) is 22.8. The third kappa shape index (κ3) is 3.32. The second kappa shape index (κ2) is 9.47. The van der Waals surface area contributed by atoms with Crippen molar-refractivity contribution in [3.05, 3.63) is 186 Å². The molecule has 3 heteroatoms. The summed E-state index contributed by atoms with van der Waals surface area (Å²) in [4.78, 5) is 12.1. The first kappa shape index (κ1) is 25.3. The molecule has 0 radical (unpaired) electrons. The van der Waals surface area contributed by atoms with Crippen molar-refractivity contribution >= 4 is 38.7 Å². The molecule has 3 heterocycles. The Morgan fingerprint density at radius 1 is 0.478 bits per heavy atom. The summed E-state index contributed by atoms with van der Waals surface area (Å²) in [5, 5.41) is 3.32. The van der Waals surface area contributed by atoms with Gasteiger partial charge in [-0.2, -0.15) is 0 Å². The van der Waals surface area contributed by atoms with Crippen LogP contribution in [-0.2, 0) is 5.41 Å².